The first-order chi connectivity index (χ1) is 14.6. The molecule has 31 heavy (non-hydrogen) atoms. The second kappa shape index (κ2) is 9.91. The highest BCUT2D eigenvalue weighted by atomic mass is 32.2. The van der Waals surface area contributed by atoms with Crippen molar-refractivity contribution in [3.8, 4) is 0 Å². The minimum absolute atomic E-state index is 0.0861. The van der Waals surface area contributed by atoms with Crippen LogP contribution in [0, 0.1) is 0 Å². The molecule has 0 spiro atoms. The van der Waals surface area contributed by atoms with Crippen LogP contribution in [0.4, 0.5) is 0 Å². The number of nitrogens with one attached hydrogen (secondary N) is 2. The van der Waals surface area contributed by atoms with Crippen LogP contribution in [-0.4, -0.2) is 57.1 Å². The van der Waals surface area contributed by atoms with Crippen molar-refractivity contribution in [2.75, 3.05) is 26.2 Å². The van der Waals surface area contributed by atoms with Gasteiger partial charge in [-0.2, -0.15) is 0 Å². The van der Waals surface area contributed by atoms with Crippen molar-refractivity contribution >= 4 is 15.9 Å². The van der Waals surface area contributed by atoms with Crippen molar-refractivity contribution < 1.29 is 17.9 Å². The van der Waals surface area contributed by atoms with E-state index < -0.39 is 15.6 Å². The van der Waals surface area contributed by atoms with Crippen LogP contribution in [0.2, 0.25) is 0 Å². The molecule has 2 aromatic carbocycles. The van der Waals surface area contributed by atoms with Gasteiger partial charge in [0.1, 0.15) is 0 Å². The Morgan fingerprint density at radius 1 is 1.10 bits per heavy atom. The van der Waals surface area contributed by atoms with Crippen molar-refractivity contribution in [3.05, 3.63) is 65.7 Å². The van der Waals surface area contributed by atoms with E-state index in [1.54, 1.807) is 20.8 Å². The summed E-state index contributed by atoms with van der Waals surface area (Å²) in [6.45, 7) is 8.81. The molecule has 7 nitrogen and oxygen atoms in total. The number of hydrogen-bond donors (Lipinski definition) is 2. The molecule has 168 valence electrons. The van der Waals surface area contributed by atoms with E-state index >= 15 is 0 Å². The Bertz CT molecular complexity index is 970. The van der Waals surface area contributed by atoms with Crippen LogP contribution < -0.4 is 10.0 Å². The number of sulfonamides is 1. The van der Waals surface area contributed by atoms with Crippen LogP contribution in [-0.2, 0) is 21.3 Å². The van der Waals surface area contributed by atoms with Crippen LogP contribution >= 0.6 is 0 Å². The summed E-state index contributed by atoms with van der Waals surface area (Å²) in [4.78, 5) is 15.0. The highest BCUT2D eigenvalue weighted by Gasteiger charge is 2.23. The summed E-state index contributed by atoms with van der Waals surface area (Å²) in [7, 11) is -3.63. The fraction of sp³-hybridized carbons (Fsp3) is 0.435. The summed E-state index contributed by atoms with van der Waals surface area (Å²) in [5, 5.41) is 2.89. The van der Waals surface area contributed by atoms with Gasteiger partial charge in [0, 0.05) is 37.3 Å². The van der Waals surface area contributed by atoms with E-state index in [0.717, 1.165) is 19.6 Å². The first-order valence-corrected chi connectivity index (χ1v) is 11.9. The number of amides is 1. The fourth-order valence-corrected chi connectivity index (χ4v) is 4.86. The van der Waals surface area contributed by atoms with E-state index in [4.69, 9.17) is 4.74 Å². The van der Waals surface area contributed by atoms with E-state index in [1.165, 1.54) is 29.8 Å². The number of ether oxygens (including phenoxy) is 1. The molecule has 1 atom stereocenters. The maximum absolute atomic E-state index is 12.5. The van der Waals surface area contributed by atoms with E-state index in [1.807, 2.05) is 18.2 Å². The molecule has 8 heteroatoms. The third kappa shape index (κ3) is 7.14. The second-order valence-electron chi connectivity index (χ2n) is 8.80. The lowest BCUT2D eigenvalue weighted by Crippen LogP contribution is -2.47. The molecule has 0 aromatic heterocycles. The quantitative estimate of drug-likeness (QED) is 0.683. The number of carbonyl (C=O) groups excluding carboxylic acids is 1. The van der Waals surface area contributed by atoms with Gasteiger partial charge in [0.15, 0.2) is 0 Å². The molecular weight excluding hydrogens is 414 g/mol. The van der Waals surface area contributed by atoms with E-state index in [-0.39, 0.29) is 16.9 Å². The van der Waals surface area contributed by atoms with Crippen LogP contribution in [0.1, 0.15) is 36.7 Å². The predicted molar refractivity (Wildman–Crippen MR) is 120 cm³/mol. The molecule has 1 aliphatic rings. The molecule has 1 unspecified atom stereocenters. The molecule has 0 aliphatic carbocycles. The SMILES string of the molecule is CC(C)(C)NS(=O)(=O)c1ccc(C(=O)NCC2CN(Cc3ccccc3)CCO2)cc1. The molecule has 2 N–H and O–H groups in total. The number of benzene rings is 2. The normalized spacial score (nSPS) is 18.0. The Morgan fingerprint density at radius 2 is 1.77 bits per heavy atom. The lowest BCUT2D eigenvalue weighted by Gasteiger charge is -2.33. The zero-order valence-electron chi connectivity index (χ0n) is 18.3. The Kier molecular flexibility index (Phi) is 7.48. The number of carbonyl (C=O) groups is 1. The third-order valence-electron chi connectivity index (χ3n) is 4.83. The van der Waals surface area contributed by atoms with E-state index in [2.05, 4.69) is 27.1 Å². The summed E-state index contributed by atoms with van der Waals surface area (Å²) >= 11 is 0. The summed E-state index contributed by atoms with van der Waals surface area (Å²) in [5.74, 6) is -0.253. The standard InChI is InChI=1S/C23H31N3O4S/c1-23(2,3)25-31(28,29)21-11-9-19(10-12-21)22(27)24-15-20-17-26(13-14-30-20)16-18-7-5-4-6-8-18/h4-12,20,25H,13-17H2,1-3H3,(H,24,27). The predicted octanol–water partition coefficient (Wildman–Crippen LogP) is 2.39. The average molecular weight is 446 g/mol. The van der Waals surface area contributed by atoms with Gasteiger partial charge in [0.05, 0.1) is 17.6 Å². The summed E-state index contributed by atoms with van der Waals surface area (Å²) in [6.07, 6.45) is -0.0861. The van der Waals surface area contributed by atoms with Crippen LogP contribution in [0.15, 0.2) is 59.5 Å². The van der Waals surface area contributed by atoms with Crippen molar-refractivity contribution in [1.29, 1.82) is 0 Å². The van der Waals surface area contributed by atoms with Gasteiger partial charge >= 0.3 is 0 Å². The Balaban J connectivity index is 1.52. The number of hydrogen-bond acceptors (Lipinski definition) is 5. The Morgan fingerprint density at radius 3 is 2.42 bits per heavy atom. The van der Waals surface area contributed by atoms with Gasteiger partial charge in [0.2, 0.25) is 10.0 Å². The molecule has 2 aromatic rings. The first kappa shape index (κ1) is 23.4. The third-order valence-corrected chi connectivity index (χ3v) is 6.60. The smallest absolute Gasteiger partial charge is 0.251 e. The fourth-order valence-electron chi connectivity index (χ4n) is 3.45. The number of morpholine rings is 1. The number of nitrogens with zero attached hydrogens (tertiary/aromatic N) is 1. The maximum atomic E-state index is 12.5. The minimum atomic E-state index is -3.63. The van der Waals surface area contributed by atoms with Gasteiger partial charge in [-0.3, -0.25) is 9.69 Å². The lowest BCUT2D eigenvalue weighted by molar-refractivity contribution is -0.0292. The molecule has 1 heterocycles. The van der Waals surface area contributed by atoms with Gasteiger partial charge < -0.3 is 10.1 Å². The summed E-state index contributed by atoms with van der Waals surface area (Å²) < 4.78 is 33.2. The van der Waals surface area contributed by atoms with Gasteiger partial charge in [0.25, 0.3) is 5.91 Å². The van der Waals surface area contributed by atoms with E-state index in [0.29, 0.717) is 18.7 Å². The monoisotopic (exact) mass is 445 g/mol. The molecule has 3 rings (SSSR count). The van der Waals surface area contributed by atoms with E-state index in [9.17, 15) is 13.2 Å². The van der Waals surface area contributed by atoms with Crippen LogP contribution in [0.5, 0.6) is 0 Å². The first-order valence-electron chi connectivity index (χ1n) is 10.4. The molecule has 1 saturated heterocycles. The maximum Gasteiger partial charge on any atom is 0.251 e. The van der Waals surface area contributed by atoms with Crippen molar-refractivity contribution in [1.82, 2.24) is 14.9 Å². The van der Waals surface area contributed by atoms with Gasteiger partial charge in [-0.25, -0.2) is 13.1 Å². The van der Waals surface area contributed by atoms with Crippen LogP contribution in [0.3, 0.4) is 0 Å². The molecular formula is C23H31N3O4S. The molecule has 1 fully saturated rings. The highest BCUT2D eigenvalue weighted by molar-refractivity contribution is 7.89. The zero-order chi connectivity index (χ0) is 22.5. The molecule has 0 radical (unpaired) electrons. The Hall–Kier alpha value is -2.26. The highest BCUT2D eigenvalue weighted by Crippen LogP contribution is 2.14. The molecule has 0 bridgehead atoms. The largest absolute Gasteiger partial charge is 0.374 e. The van der Waals surface area contributed by atoms with Gasteiger partial charge in [-0.05, 0) is 50.6 Å². The summed E-state index contributed by atoms with van der Waals surface area (Å²) in [6, 6.07) is 16.2. The zero-order valence-corrected chi connectivity index (χ0v) is 19.1. The second-order valence-corrected chi connectivity index (χ2v) is 10.5. The molecule has 1 aliphatic heterocycles. The number of rotatable bonds is 7. The Labute approximate surface area is 184 Å². The lowest BCUT2D eigenvalue weighted by atomic mass is 10.1. The van der Waals surface area contributed by atoms with Crippen molar-refractivity contribution in [2.24, 2.45) is 0 Å². The van der Waals surface area contributed by atoms with Gasteiger partial charge in [-0.15, -0.1) is 0 Å². The molecule has 0 saturated carbocycles. The van der Waals surface area contributed by atoms with Crippen molar-refractivity contribution in [3.63, 3.8) is 0 Å². The van der Waals surface area contributed by atoms with Crippen LogP contribution in [0.25, 0.3) is 0 Å². The topological polar surface area (TPSA) is 87.7 Å². The van der Waals surface area contributed by atoms with Gasteiger partial charge in [-0.1, -0.05) is 30.3 Å². The molecule has 1 amide bonds. The average Bonchev–Trinajstić information content (AvgIpc) is 2.71. The minimum Gasteiger partial charge on any atom is -0.374 e. The summed E-state index contributed by atoms with van der Waals surface area (Å²) in [5.41, 5.74) is 1.08. The van der Waals surface area contributed by atoms with Crippen molar-refractivity contribution in [2.45, 2.75) is 43.9 Å².